The maximum atomic E-state index is 12.3. The molecule has 4 rings (SSSR count). The Balaban J connectivity index is 1.61. The molecule has 0 saturated carbocycles. The summed E-state index contributed by atoms with van der Waals surface area (Å²) in [5.41, 5.74) is 4.47. The van der Waals surface area contributed by atoms with Crippen LogP contribution in [0.15, 0.2) is 77.7 Å². The van der Waals surface area contributed by atoms with Crippen molar-refractivity contribution in [3.05, 3.63) is 88.8 Å². The highest BCUT2D eigenvalue weighted by Gasteiger charge is 2.27. The van der Waals surface area contributed by atoms with Crippen molar-refractivity contribution in [3.63, 3.8) is 0 Å². The van der Waals surface area contributed by atoms with Gasteiger partial charge in [-0.3, -0.25) is 19.9 Å². The molecule has 132 valence electrons. The predicted molar refractivity (Wildman–Crippen MR) is 108 cm³/mol. The number of nitrogens with zero attached hydrogens (tertiary/aromatic N) is 1. The number of pyridine rings is 1. The van der Waals surface area contributed by atoms with Gasteiger partial charge in [0.15, 0.2) is 0 Å². The zero-order valence-electron chi connectivity index (χ0n) is 14.1. The number of aromatic nitrogens is 1. The molecule has 2 amide bonds. The maximum Gasteiger partial charge on any atom is 0.260 e. The highest BCUT2D eigenvalue weighted by Crippen LogP contribution is 2.28. The van der Waals surface area contributed by atoms with Crippen LogP contribution >= 0.6 is 15.9 Å². The average molecular weight is 420 g/mol. The second kappa shape index (κ2) is 7.17. The molecule has 0 spiro atoms. The molecule has 5 nitrogen and oxygen atoms in total. The number of hydrogen-bond donors (Lipinski definition) is 2. The Kier molecular flexibility index (Phi) is 4.56. The number of fused-ring (bicyclic) bond motifs is 1. The lowest BCUT2D eigenvalue weighted by atomic mass is 9.95. The van der Waals surface area contributed by atoms with Crippen molar-refractivity contribution in [1.82, 2.24) is 10.3 Å². The third-order valence-corrected chi connectivity index (χ3v) is 4.76. The first kappa shape index (κ1) is 17.2. The van der Waals surface area contributed by atoms with Crippen molar-refractivity contribution < 1.29 is 9.59 Å². The molecular weight excluding hydrogens is 406 g/mol. The van der Waals surface area contributed by atoms with E-state index in [2.05, 4.69) is 31.5 Å². The Labute approximate surface area is 164 Å². The fraction of sp³-hybridized carbons (Fsp3) is 0. The molecule has 0 bridgehead atoms. The first-order valence-corrected chi connectivity index (χ1v) is 9.04. The molecule has 0 atom stereocenters. The second-order valence-electron chi connectivity index (χ2n) is 5.99. The zero-order valence-corrected chi connectivity index (χ0v) is 15.7. The summed E-state index contributed by atoms with van der Waals surface area (Å²) in [5.74, 6) is -0.812. The second-order valence-corrected chi connectivity index (χ2v) is 6.90. The van der Waals surface area contributed by atoms with Gasteiger partial charge in [-0.1, -0.05) is 28.1 Å². The Morgan fingerprint density at radius 1 is 0.852 bits per heavy atom. The minimum Gasteiger partial charge on any atom is -0.361 e. The van der Waals surface area contributed by atoms with Crippen LogP contribution in [0.3, 0.4) is 0 Å². The van der Waals surface area contributed by atoms with E-state index in [0.29, 0.717) is 16.7 Å². The molecule has 3 aromatic rings. The fourth-order valence-corrected chi connectivity index (χ4v) is 3.26. The van der Waals surface area contributed by atoms with Crippen LogP contribution in [-0.4, -0.2) is 16.8 Å². The summed E-state index contributed by atoms with van der Waals surface area (Å²) in [4.78, 5) is 28.3. The molecule has 2 heterocycles. The highest BCUT2D eigenvalue weighted by molar-refractivity contribution is 9.10. The van der Waals surface area contributed by atoms with Crippen LogP contribution < -0.4 is 10.6 Å². The smallest absolute Gasteiger partial charge is 0.260 e. The molecule has 0 unspecified atom stereocenters. The van der Waals surface area contributed by atoms with Crippen LogP contribution in [0.2, 0.25) is 0 Å². The Morgan fingerprint density at radius 2 is 1.56 bits per heavy atom. The van der Waals surface area contributed by atoms with Gasteiger partial charge < -0.3 is 5.32 Å². The van der Waals surface area contributed by atoms with Gasteiger partial charge in [0.05, 0.1) is 5.57 Å². The van der Waals surface area contributed by atoms with Crippen LogP contribution in [0.25, 0.3) is 16.7 Å². The fourth-order valence-electron chi connectivity index (χ4n) is 2.90. The van der Waals surface area contributed by atoms with E-state index in [-0.39, 0.29) is 5.91 Å². The van der Waals surface area contributed by atoms with Gasteiger partial charge in [-0.2, -0.15) is 0 Å². The molecule has 0 aliphatic carbocycles. The van der Waals surface area contributed by atoms with Gasteiger partial charge in [0.1, 0.15) is 0 Å². The summed E-state index contributed by atoms with van der Waals surface area (Å²) >= 11 is 3.39. The summed E-state index contributed by atoms with van der Waals surface area (Å²) in [6, 6.07) is 17.0. The lowest BCUT2D eigenvalue weighted by Crippen LogP contribution is -2.36. The van der Waals surface area contributed by atoms with Gasteiger partial charge in [0.2, 0.25) is 0 Å². The number of nitrogens with one attached hydrogen (secondary N) is 2. The molecule has 0 saturated heterocycles. The molecule has 1 aliphatic heterocycles. The van der Waals surface area contributed by atoms with E-state index in [1.54, 1.807) is 36.8 Å². The van der Waals surface area contributed by atoms with Crippen molar-refractivity contribution in [1.29, 1.82) is 0 Å². The van der Waals surface area contributed by atoms with Crippen LogP contribution in [0.5, 0.6) is 0 Å². The van der Waals surface area contributed by atoms with E-state index < -0.39 is 5.91 Å². The summed E-state index contributed by atoms with van der Waals surface area (Å²) in [7, 11) is 0. The number of hydrogen-bond acceptors (Lipinski definition) is 4. The van der Waals surface area contributed by atoms with Crippen molar-refractivity contribution >= 4 is 39.0 Å². The van der Waals surface area contributed by atoms with Gasteiger partial charge in [-0.05, 0) is 53.6 Å². The van der Waals surface area contributed by atoms with Crippen LogP contribution in [0, 0.1) is 0 Å². The number of amides is 2. The molecule has 0 radical (unpaired) electrons. The van der Waals surface area contributed by atoms with E-state index in [4.69, 9.17) is 0 Å². The van der Waals surface area contributed by atoms with E-state index in [9.17, 15) is 9.59 Å². The number of carbonyl (C=O) groups excluding carboxylic acids is 2. The molecule has 2 aromatic carbocycles. The Bertz CT molecular complexity index is 1060. The van der Waals surface area contributed by atoms with Crippen LogP contribution in [0.4, 0.5) is 5.69 Å². The van der Waals surface area contributed by atoms with E-state index in [1.807, 2.05) is 36.4 Å². The SMILES string of the molecule is O=C1NC(=O)c2ccc(Br)cc2/C1=C/Nc1ccc(-c2ccncc2)cc1. The number of benzene rings is 2. The number of anilines is 1. The van der Waals surface area contributed by atoms with Crippen molar-refractivity contribution in [2.45, 2.75) is 0 Å². The Hall–Kier alpha value is -3.25. The van der Waals surface area contributed by atoms with E-state index in [1.165, 1.54) is 0 Å². The molecule has 27 heavy (non-hydrogen) atoms. The first-order chi connectivity index (χ1) is 13.1. The Morgan fingerprint density at radius 3 is 2.30 bits per heavy atom. The normalized spacial score (nSPS) is 14.6. The quantitative estimate of drug-likeness (QED) is 0.492. The van der Waals surface area contributed by atoms with Gasteiger partial charge in [0, 0.05) is 39.9 Å². The van der Waals surface area contributed by atoms with Crippen LogP contribution in [0.1, 0.15) is 15.9 Å². The molecule has 2 N–H and O–H groups in total. The average Bonchev–Trinajstić information content (AvgIpc) is 2.68. The lowest BCUT2D eigenvalue weighted by molar-refractivity contribution is -0.114. The first-order valence-electron chi connectivity index (χ1n) is 8.24. The summed E-state index contributed by atoms with van der Waals surface area (Å²) in [5, 5.41) is 5.50. The number of halogens is 1. The summed E-state index contributed by atoms with van der Waals surface area (Å²) in [6.07, 6.45) is 5.13. The van der Waals surface area contributed by atoms with Gasteiger partial charge >= 0.3 is 0 Å². The standard InChI is InChI=1S/C21H14BrN3O2/c22-15-3-6-17-18(11-15)19(21(27)25-20(17)26)12-24-16-4-1-13(2-5-16)14-7-9-23-10-8-14/h1-12,24H,(H,25,26,27)/b19-12-. The monoisotopic (exact) mass is 419 g/mol. The van der Waals surface area contributed by atoms with Crippen molar-refractivity contribution in [2.75, 3.05) is 5.32 Å². The minimum absolute atomic E-state index is 0.388. The minimum atomic E-state index is -0.425. The number of rotatable bonds is 3. The van der Waals surface area contributed by atoms with Gasteiger partial charge in [-0.25, -0.2) is 0 Å². The third kappa shape index (κ3) is 3.52. The third-order valence-electron chi connectivity index (χ3n) is 4.27. The molecule has 1 aliphatic rings. The van der Waals surface area contributed by atoms with E-state index in [0.717, 1.165) is 21.3 Å². The van der Waals surface area contributed by atoms with Crippen molar-refractivity contribution in [2.24, 2.45) is 0 Å². The summed E-state index contributed by atoms with van der Waals surface area (Å²) in [6.45, 7) is 0. The lowest BCUT2D eigenvalue weighted by Gasteiger charge is -2.18. The number of carbonyl (C=O) groups is 2. The topological polar surface area (TPSA) is 71.1 Å². The van der Waals surface area contributed by atoms with E-state index >= 15 is 0 Å². The largest absolute Gasteiger partial charge is 0.361 e. The predicted octanol–water partition coefficient (Wildman–Crippen LogP) is 4.23. The van der Waals surface area contributed by atoms with Crippen LogP contribution in [-0.2, 0) is 4.79 Å². The summed E-state index contributed by atoms with van der Waals surface area (Å²) < 4.78 is 0.802. The molecular formula is C21H14BrN3O2. The van der Waals surface area contributed by atoms with Crippen molar-refractivity contribution in [3.8, 4) is 11.1 Å². The molecule has 0 fully saturated rings. The van der Waals surface area contributed by atoms with Gasteiger partial charge in [-0.15, -0.1) is 0 Å². The maximum absolute atomic E-state index is 12.3. The number of imide groups is 1. The zero-order chi connectivity index (χ0) is 18.8. The highest BCUT2D eigenvalue weighted by atomic mass is 79.9. The molecule has 6 heteroatoms. The van der Waals surface area contributed by atoms with Gasteiger partial charge in [0.25, 0.3) is 11.8 Å². The molecule has 1 aromatic heterocycles.